The molecule has 0 radical (unpaired) electrons. The van der Waals surface area contributed by atoms with E-state index in [9.17, 15) is 9.59 Å². The fourth-order valence-corrected chi connectivity index (χ4v) is 3.80. The maximum atomic E-state index is 12.8. The number of piperidine rings is 1. The largest absolute Gasteiger partial charge is 0.490 e. The normalized spacial score (nSPS) is 16.2. The van der Waals surface area contributed by atoms with E-state index in [1.54, 1.807) is 12.1 Å². The van der Waals surface area contributed by atoms with E-state index in [0.29, 0.717) is 30.0 Å². The van der Waals surface area contributed by atoms with Crippen molar-refractivity contribution in [2.75, 3.05) is 38.3 Å². The van der Waals surface area contributed by atoms with Gasteiger partial charge in [0.05, 0.1) is 24.9 Å². The van der Waals surface area contributed by atoms with E-state index in [-0.39, 0.29) is 11.9 Å². The number of hydrogen-bond acceptors (Lipinski definition) is 5. The smallest absolute Gasteiger partial charge is 0.337 e. The Labute approximate surface area is 164 Å². The van der Waals surface area contributed by atoms with E-state index < -0.39 is 0 Å². The number of hydrogen-bond donors (Lipinski definition) is 0. The van der Waals surface area contributed by atoms with Gasteiger partial charge in [0.1, 0.15) is 12.4 Å². The number of ether oxygens (including phenoxy) is 2. The quantitative estimate of drug-likeness (QED) is 0.761. The first-order valence-electron chi connectivity index (χ1n) is 9.69. The standard InChI is InChI=1S/C22H24N2O4/c1-27-22(26)16-5-8-18(9-6-16)24-13-14-28-20-15-17(7-10-19(20)24)21(25)23-11-3-2-4-12-23/h5-10,15H,2-4,11-14H2,1H3. The van der Waals surface area contributed by atoms with Crippen LogP contribution in [-0.4, -0.2) is 50.1 Å². The zero-order chi connectivity index (χ0) is 19.5. The molecule has 0 aromatic heterocycles. The molecule has 6 nitrogen and oxygen atoms in total. The van der Waals surface area contributed by atoms with Crippen molar-refractivity contribution in [3.8, 4) is 5.75 Å². The first kappa shape index (κ1) is 18.3. The lowest BCUT2D eigenvalue weighted by Gasteiger charge is -2.32. The molecular formula is C22H24N2O4. The number of fused-ring (bicyclic) bond motifs is 1. The van der Waals surface area contributed by atoms with E-state index >= 15 is 0 Å². The highest BCUT2D eigenvalue weighted by Crippen LogP contribution is 2.37. The first-order valence-corrected chi connectivity index (χ1v) is 9.69. The van der Waals surface area contributed by atoms with Crippen molar-refractivity contribution >= 4 is 23.3 Å². The molecule has 2 heterocycles. The number of methoxy groups -OCH3 is 1. The van der Waals surface area contributed by atoms with Crippen molar-refractivity contribution in [1.29, 1.82) is 0 Å². The van der Waals surface area contributed by atoms with Crippen LogP contribution in [-0.2, 0) is 4.74 Å². The summed E-state index contributed by atoms with van der Waals surface area (Å²) >= 11 is 0. The fraction of sp³-hybridized carbons (Fsp3) is 0.364. The van der Waals surface area contributed by atoms with Gasteiger partial charge in [-0.3, -0.25) is 4.79 Å². The average Bonchev–Trinajstić information content (AvgIpc) is 2.78. The van der Waals surface area contributed by atoms with Crippen LogP contribution >= 0.6 is 0 Å². The van der Waals surface area contributed by atoms with E-state index in [1.165, 1.54) is 13.5 Å². The third-order valence-electron chi connectivity index (χ3n) is 5.31. The van der Waals surface area contributed by atoms with Crippen LogP contribution < -0.4 is 9.64 Å². The highest BCUT2D eigenvalue weighted by molar-refractivity contribution is 5.96. The summed E-state index contributed by atoms with van der Waals surface area (Å²) in [4.78, 5) is 28.5. The highest BCUT2D eigenvalue weighted by atomic mass is 16.5. The molecule has 0 aliphatic carbocycles. The van der Waals surface area contributed by atoms with Gasteiger partial charge >= 0.3 is 5.97 Å². The van der Waals surface area contributed by atoms with Gasteiger partial charge in [0.2, 0.25) is 0 Å². The molecule has 1 fully saturated rings. The summed E-state index contributed by atoms with van der Waals surface area (Å²) in [7, 11) is 1.37. The Morgan fingerprint density at radius 3 is 2.36 bits per heavy atom. The van der Waals surface area contributed by atoms with Gasteiger partial charge in [0.15, 0.2) is 0 Å². The number of esters is 1. The second-order valence-electron chi connectivity index (χ2n) is 7.07. The third kappa shape index (κ3) is 3.54. The monoisotopic (exact) mass is 380 g/mol. The number of carbonyl (C=O) groups excluding carboxylic acids is 2. The molecule has 0 unspecified atom stereocenters. The molecule has 2 aromatic carbocycles. The van der Waals surface area contributed by atoms with Crippen molar-refractivity contribution < 1.29 is 19.1 Å². The van der Waals surface area contributed by atoms with E-state index in [2.05, 4.69) is 4.90 Å². The molecule has 2 aliphatic rings. The molecule has 0 atom stereocenters. The average molecular weight is 380 g/mol. The summed E-state index contributed by atoms with van der Waals surface area (Å²) < 4.78 is 10.6. The van der Waals surface area contributed by atoms with E-state index in [4.69, 9.17) is 9.47 Å². The molecule has 6 heteroatoms. The minimum atomic E-state index is -0.352. The molecule has 1 saturated heterocycles. The maximum absolute atomic E-state index is 12.8. The van der Waals surface area contributed by atoms with Crippen molar-refractivity contribution in [3.05, 3.63) is 53.6 Å². The van der Waals surface area contributed by atoms with Gasteiger partial charge in [-0.1, -0.05) is 0 Å². The van der Waals surface area contributed by atoms with Crippen LogP contribution in [0.1, 0.15) is 40.0 Å². The Bertz CT molecular complexity index is 873. The number of benzene rings is 2. The lowest BCUT2D eigenvalue weighted by molar-refractivity contribution is 0.0600. The van der Waals surface area contributed by atoms with Gasteiger partial charge in [0.25, 0.3) is 5.91 Å². The number of amides is 1. The SMILES string of the molecule is COC(=O)c1ccc(N2CCOc3cc(C(=O)N4CCCCC4)ccc32)cc1. The van der Waals surface area contributed by atoms with Crippen molar-refractivity contribution in [2.24, 2.45) is 0 Å². The van der Waals surface area contributed by atoms with Gasteiger partial charge in [-0.25, -0.2) is 4.79 Å². The van der Waals surface area contributed by atoms with Crippen LogP contribution in [0.2, 0.25) is 0 Å². The Morgan fingerprint density at radius 2 is 1.64 bits per heavy atom. The molecule has 1 amide bonds. The third-order valence-corrected chi connectivity index (χ3v) is 5.31. The molecule has 2 aromatic rings. The van der Waals surface area contributed by atoms with Crippen LogP contribution in [0.15, 0.2) is 42.5 Å². The van der Waals surface area contributed by atoms with Gasteiger partial charge in [-0.2, -0.15) is 0 Å². The Morgan fingerprint density at radius 1 is 0.929 bits per heavy atom. The maximum Gasteiger partial charge on any atom is 0.337 e. The van der Waals surface area contributed by atoms with Gasteiger partial charge in [0, 0.05) is 24.3 Å². The van der Waals surface area contributed by atoms with Crippen LogP contribution in [0.5, 0.6) is 5.75 Å². The Kier molecular flexibility index (Phi) is 5.19. The molecule has 2 aliphatic heterocycles. The lowest BCUT2D eigenvalue weighted by atomic mass is 10.1. The summed E-state index contributed by atoms with van der Waals surface area (Å²) in [5.41, 5.74) is 3.07. The summed E-state index contributed by atoms with van der Waals surface area (Å²) in [5.74, 6) is 0.437. The highest BCUT2D eigenvalue weighted by Gasteiger charge is 2.24. The first-order chi connectivity index (χ1) is 13.7. The van der Waals surface area contributed by atoms with Crippen LogP contribution in [0.4, 0.5) is 11.4 Å². The predicted octanol–water partition coefficient (Wildman–Crippen LogP) is 3.63. The number of nitrogens with zero attached hydrogens (tertiary/aromatic N) is 2. The second kappa shape index (κ2) is 7.92. The number of carbonyl (C=O) groups is 2. The summed E-state index contributed by atoms with van der Waals surface area (Å²) in [5, 5.41) is 0. The second-order valence-corrected chi connectivity index (χ2v) is 7.07. The number of likely N-dealkylation sites (tertiary alicyclic amines) is 1. The minimum absolute atomic E-state index is 0.0747. The molecular weight excluding hydrogens is 356 g/mol. The van der Waals surface area contributed by atoms with Gasteiger partial charge < -0.3 is 19.3 Å². The predicted molar refractivity (Wildman–Crippen MR) is 106 cm³/mol. The van der Waals surface area contributed by atoms with Crippen molar-refractivity contribution in [2.45, 2.75) is 19.3 Å². The zero-order valence-electron chi connectivity index (χ0n) is 16.0. The summed E-state index contributed by atoms with van der Waals surface area (Å²) in [6, 6.07) is 13.0. The fourth-order valence-electron chi connectivity index (χ4n) is 3.80. The van der Waals surface area contributed by atoms with Crippen molar-refractivity contribution in [3.63, 3.8) is 0 Å². The Balaban J connectivity index is 1.58. The minimum Gasteiger partial charge on any atom is -0.490 e. The molecule has 0 N–H and O–H groups in total. The molecule has 0 saturated carbocycles. The van der Waals surface area contributed by atoms with E-state index in [1.807, 2.05) is 35.2 Å². The van der Waals surface area contributed by atoms with Crippen LogP contribution in [0.25, 0.3) is 0 Å². The lowest BCUT2D eigenvalue weighted by Crippen LogP contribution is -2.35. The van der Waals surface area contributed by atoms with Gasteiger partial charge in [-0.15, -0.1) is 0 Å². The molecule has 0 bridgehead atoms. The molecule has 0 spiro atoms. The molecule has 4 rings (SSSR count). The zero-order valence-corrected chi connectivity index (χ0v) is 16.0. The number of rotatable bonds is 3. The summed E-state index contributed by atoms with van der Waals surface area (Å²) in [6.07, 6.45) is 3.34. The number of anilines is 2. The molecule has 146 valence electrons. The van der Waals surface area contributed by atoms with E-state index in [0.717, 1.165) is 37.3 Å². The topological polar surface area (TPSA) is 59.1 Å². The van der Waals surface area contributed by atoms with Gasteiger partial charge in [-0.05, 0) is 61.7 Å². The molecule has 28 heavy (non-hydrogen) atoms. The van der Waals surface area contributed by atoms with Crippen LogP contribution in [0.3, 0.4) is 0 Å². The van der Waals surface area contributed by atoms with Crippen molar-refractivity contribution in [1.82, 2.24) is 4.90 Å². The summed E-state index contributed by atoms with van der Waals surface area (Å²) in [6.45, 7) is 2.89. The Hall–Kier alpha value is -3.02. The van der Waals surface area contributed by atoms with Crippen LogP contribution in [0, 0.1) is 0 Å².